The van der Waals surface area contributed by atoms with Crippen molar-refractivity contribution in [3.8, 4) is 0 Å². The van der Waals surface area contributed by atoms with Crippen LogP contribution in [0.2, 0.25) is 0 Å². The Labute approximate surface area is 190 Å². The molecule has 0 aromatic heterocycles. The Hall–Kier alpha value is -2.46. The molecule has 4 rings (SSSR count). The molecule has 0 aliphatic rings. The Morgan fingerprint density at radius 2 is 0.645 bits per heavy atom. The quantitative estimate of drug-likeness (QED) is 0.263. The molecule has 4 aromatic rings. The Balaban J connectivity index is 1.98. The highest BCUT2D eigenvalue weighted by Gasteiger charge is 2.39. The Morgan fingerprint density at radius 3 is 0.839 bits per heavy atom. The van der Waals surface area contributed by atoms with Gasteiger partial charge in [-0.3, -0.25) is 3.63 Å². The van der Waals surface area contributed by atoms with Crippen molar-refractivity contribution in [3.63, 3.8) is 0 Å². The number of benzene rings is 4. The first kappa shape index (κ1) is 21.8. The first-order valence-electron chi connectivity index (χ1n) is 10.8. The van der Waals surface area contributed by atoms with Gasteiger partial charge in [-0.1, -0.05) is 107 Å². The fourth-order valence-electron chi connectivity index (χ4n) is 3.95. The Kier molecular flexibility index (Phi) is 6.86. The van der Waals surface area contributed by atoms with Crippen LogP contribution in [0, 0.1) is 0 Å². The molecule has 0 fully saturated rings. The fraction of sp³-hybridized carbons (Fsp3) is 0.143. The van der Waals surface area contributed by atoms with E-state index in [1.807, 2.05) is 0 Å². The lowest BCUT2D eigenvalue weighted by Crippen LogP contribution is -2.16. The van der Waals surface area contributed by atoms with Gasteiger partial charge in [0, 0.05) is 31.1 Å². The van der Waals surface area contributed by atoms with Crippen LogP contribution in [0.4, 0.5) is 0 Å². The molecule has 0 atom stereocenters. The molecule has 0 aliphatic heterocycles. The molecule has 4 aromatic carbocycles. The summed E-state index contributed by atoms with van der Waals surface area (Å²) in [5.41, 5.74) is 0. The van der Waals surface area contributed by atoms with E-state index >= 15 is 0 Å². The zero-order chi connectivity index (χ0) is 21.6. The van der Waals surface area contributed by atoms with Crippen molar-refractivity contribution in [2.75, 3.05) is 11.5 Å². The summed E-state index contributed by atoms with van der Waals surface area (Å²) < 4.78 is 7.64. The van der Waals surface area contributed by atoms with Gasteiger partial charge in [-0.05, 0) is 48.5 Å². The third-order valence-electron chi connectivity index (χ3n) is 5.54. The lowest BCUT2D eigenvalue weighted by molar-refractivity contribution is 0.675. The van der Waals surface area contributed by atoms with Crippen molar-refractivity contribution in [1.82, 2.24) is 0 Å². The van der Waals surface area contributed by atoms with Crippen LogP contribution in [-0.2, 0) is 3.63 Å². The first-order chi connectivity index (χ1) is 15.2. The van der Waals surface area contributed by atoms with Gasteiger partial charge in [-0.15, -0.1) is 0 Å². The van der Waals surface area contributed by atoms with E-state index in [0.29, 0.717) is 0 Å². The van der Waals surface area contributed by atoms with Gasteiger partial charge in [0.05, 0.1) is 0 Å². The summed E-state index contributed by atoms with van der Waals surface area (Å²) in [6, 6.07) is 43.3. The standard InChI is InChI=1S/C28H30OS2/c1-3-30(25-17-9-5-10-18-25,26-19-11-6-12-20-26)29-31(4-2,27-21-13-7-14-22-27)28-23-15-8-16-24-28/h5-24H,3-4H2,1-2H3. The second-order valence-corrected chi connectivity index (χ2v) is 13.5. The zero-order valence-corrected chi connectivity index (χ0v) is 19.8. The van der Waals surface area contributed by atoms with Crippen LogP contribution >= 0.6 is 20.6 Å². The minimum Gasteiger partial charge on any atom is -0.273 e. The molecule has 0 bridgehead atoms. The average molecular weight is 447 g/mol. The van der Waals surface area contributed by atoms with E-state index in [9.17, 15) is 0 Å². The molecule has 1 nitrogen and oxygen atoms in total. The summed E-state index contributed by atoms with van der Waals surface area (Å²) >= 11 is 0. The van der Waals surface area contributed by atoms with Crippen molar-refractivity contribution in [2.45, 2.75) is 33.4 Å². The Morgan fingerprint density at radius 1 is 0.419 bits per heavy atom. The van der Waals surface area contributed by atoms with E-state index in [-0.39, 0.29) is 0 Å². The van der Waals surface area contributed by atoms with Crippen LogP contribution in [-0.4, -0.2) is 11.5 Å². The van der Waals surface area contributed by atoms with Crippen molar-refractivity contribution < 1.29 is 3.63 Å². The van der Waals surface area contributed by atoms with Crippen LogP contribution < -0.4 is 0 Å². The van der Waals surface area contributed by atoms with Crippen molar-refractivity contribution in [2.24, 2.45) is 0 Å². The summed E-state index contributed by atoms with van der Waals surface area (Å²) in [6.07, 6.45) is 0. The molecule has 0 unspecified atom stereocenters. The highest BCUT2D eigenvalue weighted by Crippen LogP contribution is 2.77. The van der Waals surface area contributed by atoms with Crippen molar-refractivity contribution in [3.05, 3.63) is 121 Å². The third kappa shape index (κ3) is 4.18. The van der Waals surface area contributed by atoms with Crippen molar-refractivity contribution >= 4 is 20.6 Å². The normalized spacial score (nSPS) is 13.0. The SMILES string of the molecule is CCS(OS(CC)(c1ccccc1)c1ccccc1)(c1ccccc1)c1ccccc1. The molecule has 0 radical (unpaired) electrons. The van der Waals surface area contributed by atoms with Crippen LogP contribution in [0.15, 0.2) is 141 Å². The maximum absolute atomic E-state index is 7.64. The summed E-state index contributed by atoms with van der Waals surface area (Å²) in [6.45, 7) is 4.54. The van der Waals surface area contributed by atoms with Crippen LogP contribution in [0.1, 0.15) is 13.8 Å². The molecule has 0 saturated heterocycles. The van der Waals surface area contributed by atoms with Gasteiger partial charge in [0.15, 0.2) is 0 Å². The van der Waals surface area contributed by atoms with E-state index < -0.39 is 20.6 Å². The van der Waals surface area contributed by atoms with Gasteiger partial charge >= 0.3 is 0 Å². The fourth-order valence-corrected chi connectivity index (χ4v) is 11.8. The van der Waals surface area contributed by atoms with Crippen LogP contribution in [0.3, 0.4) is 0 Å². The molecule has 0 saturated carbocycles. The molecule has 31 heavy (non-hydrogen) atoms. The summed E-state index contributed by atoms with van der Waals surface area (Å²) in [7, 11) is -3.44. The van der Waals surface area contributed by atoms with E-state index in [0.717, 1.165) is 11.5 Å². The lowest BCUT2D eigenvalue weighted by Gasteiger charge is -2.50. The zero-order valence-electron chi connectivity index (χ0n) is 18.2. The summed E-state index contributed by atoms with van der Waals surface area (Å²) in [5, 5.41) is 0. The molecule has 0 amide bonds. The first-order valence-corrected chi connectivity index (χ1v) is 14.2. The molecule has 160 valence electrons. The molecule has 0 aliphatic carbocycles. The smallest absolute Gasteiger partial charge is 0.0182 e. The summed E-state index contributed by atoms with van der Waals surface area (Å²) in [4.78, 5) is 5.11. The average Bonchev–Trinajstić information content (AvgIpc) is 2.87. The van der Waals surface area contributed by atoms with E-state index in [2.05, 4.69) is 135 Å². The predicted octanol–water partition coefficient (Wildman–Crippen LogP) is 8.72. The minimum absolute atomic E-state index is 0.926. The number of hydrogen-bond donors (Lipinski definition) is 0. The monoisotopic (exact) mass is 446 g/mol. The molecule has 3 heteroatoms. The maximum Gasteiger partial charge on any atom is 0.0182 e. The predicted molar refractivity (Wildman–Crippen MR) is 136 cm³/mol. The second kappa shape index (κ2) is 9.78. The topological polar surface area (TPSA) is 9.23 Å². The van der Waals surface area contributed by atoms with Gasteiger partial charge < -0.3 is 0 Å². The molecular weight excluding hydrogens is 416 g/mol. The second-order valence-electron chi connectivity index (χ2n) is 7.25. The van der Waals surface area contributed by atoms with Gasteiger partial charge in [-0.2, -0.15) is 0 Å². The molecule has 0 spiro atoms. The molecular formula is C28H30OS2. The van der Waals surface area contributed by atoms with E-state index in [1.54, 1.807) is 0 Å². The lowest BCUT2D eigenvalue weighted by atomic mass is 10.4. The number of rotatable bonds is 8. The van der Waals surface area contributed by atoms with Gasteiger partial charge in [-0.25, -0.2) is 0 Å². The number of hydrogen-bond acceptors (Lipinski definition) is 1. The molecule has 0 heterocycles. The van der Waals surface area contributed by atoms with Gasteiger partial charge in [0.2, 0.25) is 0 Å². The van der Waals surface area contributed by atoms with Gasteiger partial charge in [0.1, 0.15) is 0 Å². The van der Waals surface area contributed by atoms with Crippen molar-refractivity contribution in [1.29, 1.82) is 0 Å². The third-order valence-corrected chi connectivity index (χ3v) is 13.2. The van der Waals surface area contributed by atoms with Gasteiger partial charge in [0.25, 0.3) is 0 Å². The Bertz CT molecular complexity index is 899. The van der Waals surface area contributed by atoms with Crippen LogP contribution in [0.25, 0.3) is 0 Å². The minimum atomic E-state index is -1.72. The highest BCUT2D eigenvalue weighted by molar-refractivity contribution is 8.42. The maximum atomic E-state index is 7.64. The van der Waals surface area contributed by atoms with Crippen LogP contribution in [0.5, 0.6) is 0 Å². The summed E-state index contributed by atoms with van der Waals surface area (Å²) in [5.74, 6) is 1.85. The molecule has 0 N–H and O–H groups in total. The van der Waals surface area contributed by atoms with E-state index in [1.165, 1.54) is 19.6 Å². The largest absolute Gasteiger partial charge is 0.273 e. The van der Waals surface area contributed by atoms with E-state index in [4.69, 9.17) is 3.63 Å². The highest BCUT2D eigenvalue weighted by atomic mass is 32.3.